The monoisotopic (exact) mass is 640 g/mol. The fourth-order valence-corrected chi connectivity index (χ4v) is 0. The molecule has 0 rings (SSSR count). The van der Waals surface area contributed by atoms with Crippen molar-refractivity contribution in [3.63, 3.8) is 0 Å². The van der Waals surface area contributed by atoms with E-state index in [9.17, 15) is 47.9 Å². The number of hydrogen-bond donors (Lipinski definition) is 1. The van der Waals surface area contributed by atoms with Crippen molar-refractivity contribution in [1.29, 1.82) is 0 Å². The van der Waals surface area contributed by atoms with E-state index in [0.717, 1.165) is 6.92 Å². The van der Waals surface area contributed by atoms with Crippen LogP contribution in [0.5, 0.6) is 0 Å². The van der Waals surface area contributed by atoms with E-state index in [4.69, 9.17) is 9.90 Å². The van der Waals surface area contributed by atoms with Gasteiger partial charge >= 0.3 is 0 Å². The van der Waals surface area contributed by atoms with Crippen LogP contribution in [-0.2, 0) is 52.7 Å². The SMILES string of the molecule is CC(=O)O.CC(C)=O.CC(C)=O.CC(C)=O.CC(C)=O.CC(C)=O.CC(C)=O.CC(C)=O.CC(C)=O.CC(C)=O.CC(C)=O. The van der Waals surface area contributed by atoms with Gasteiger partial charge in [0.05, 0.1) is 0 Å². The number of rotatable bonds is 0. The summed E-state index contributed by atoms with van der Waals surface area (Å²) < 4.78 is 0. The molecular weight excluding hydrogens is 576 g/mol. The maximum Gasteiger partial charge on any atom is 0.300 e. The average molecular weight is 641 g/mol. The molecule has 12 nitrogen and oxygen atoms in total. The zero-order valence-corrected chi connectivity index (χ0v) is 31.4. The number of Topliss-reactive ketones (excluding diaryl/α,β-unsaturated/α-hetero) is 10. The van der Waals surface area contributed by atoms with E-state index in [1.165, 1.54) is 138 Å². The molecule has 0 aromatic carbocycles. The summed E-state index contributed by atoms with van der Waals surface area (Å²) in [5, 5.41) is 7.42. The molecule has 12 heteroatoms. The maximum absolute atomic E-state index is 9.44. The summed E-state index contributed by atoms with van der Waals surface area (Å²) in [6, 6.07) is 0. The van der Waals surface area contributed by atoms with Gasteiger partial charge in [-0.15, -0.1) is 0 Å². The van der Waals surface area contributed by atoms with Gasteiger partial charge in [0.15, 0.2) is 0 Å². The Balaban J connectivity index is -0.0000000302. The summed E-state index contributed by atoms with van der Waals surface area (Å²) >= 11 is 0. The molecule has 0 radical (unpaired) electrons. The number of hydrogen-bond acceptors (Lipinski definition) is 11. The summed E-state index contributed by atoms with van der Waals surface area (Å²) in [7, 11) is 0. The van der Waals surface area contributed by atoms with Gasteiger partial charge in [0.25, 0.3) is 5.97 Å². The molecule has 0 saturated carbocycles. The fraction of sp³-hybridized carbons (Fsp3) is 0.656. The molecule has 0 aromatic heterocycles. The highest BCUT2D eigenvalue weighted by atomic mass is 16.4. The summed E-state index contributed by atoms with van der Waals surface area (Å²) in [4.78, 5) is 103. The number of carbonyl (C=O) groups is 11. The molecule has 0 bridgehead atoms. The molecule has 264 valence electrons. The first-order chi connectivity index (χ1) is 19.1. The van der Waals surface area contributed by atoms with Crippen molar-refractivity contribution in [3.05, 3.63) is 0 Å². The highest BCUT2D eigenvalue weighted by Gasteiger charge is 1.66. The van der Waals surface area contributed by atoms with Crippen molar-refractivity contribution in [2.75, 3.05) is 0 Å². The lowest BCUT2D eigenvalue weighted by Gasteiger charge is -1.59. The highest BCUT2D eigenvalue weighted by molar-refractivity contribution is 5.74. The largest absolute Gasteiger partial charge is 0.481 e. The van der Waals surface area contributed by atoms with Gasteiger partial charge in [0, 0.05) is 6.92 Å². The number of ketones is 10. The van der Waals surface area contributed by atoms with Crippen molar-refractivity contribution in [3.8, 4) is 0 Å². The van der Waals surface area contributed by atoms with Crippen LogP contribution in [-0.4, -0.2) is 68.9 Å². The zero-order valence-electron chi connectivity index (χ0n) is 31.4. The second-order valence-electron chi connectivity index (χ2n) is 9.60. The van der Waals surface area contributed by atoms with Gasteiger partial charge in [0.1, 0.15) is 57.8 Å². The first-order valence-corrected chi connectivity index (χ1v) is 13.0. The summed E-state index contributed by atoms with van der Waals surface area (Å²) in [6.07, 6.45) is 0. The van der Waals surface area contributed by atoms with Crippen LogP contribution in [0.25, 0.3) is 0 Å². The Labute approximate surface area is 267 Å². The van der Waals surface area contributed by atoms with Gasteiger partial charge < -0.3 is 53.1 Å². The van der Waals surface area contributed by atoms with Crippen LogP contribution in [0, 0.1) is 0 Å². The van der Waals surface area contributed by atoms with Gasteiger partial charge in [-0.3, -0.25) is 4.79 Å². The van der Waals surface area contributed by atoms with E-state index < -0.39 is 5.97 Å². The Hall–Kier alpha value is -3.83. The van der Waals surface area contributed by atoms with Gasteiger partial charge in [-0.05, 0) is 138 Å². The molecule has 0 aliphatic carbocycles. The molecule has 0 heterocycles. The van der Waals surface area contributed by atoms with Crippen LogP contribution in [0.1, 0.15) is 145 Å². The molecule has 0 unspecified atom stereocenters. The Morgan fingerprint density at radius 1 is 0.205 bits per heavy atom. The van der Waals surface area contributed by atoms with E-state index >= 15 is 0 Å². The number of carboxylic acid groups (broad SMARTS) is 1. The normalized spacial score (nSPS) is 6.48. The fourth-order valence-electron chi connectivity index (χ4n) is 0. The van der Waals surface area contributed by atoms with Crippen molar-refractivity contribution in [1.82, 2.24) is 0 Å². The molecule has 1 N–H and O–H groups in total. The third-order valence-corrected chi connectivity index (χ3v) is 0. The van der Waals surface area contributed by atoms with Gasteiger partial charge in [0.2, 0.25) is 0 Å². The maximum atomic E-state index is 9.44. The molecule has 0 aromatic rings. The lowest BCUT2D eigenvalue weighted by atomic mass is 10.6. The van der Waals surface area contributed by atoms with E-state index in [2.05, 4.69) is 0 Å². The van der Waals surface area contributed by atoms with Crippen LogP contribution >= 0.6 is 0 Å². The topological polar surface area (TPSA) is 208 Å². The Bertz CT molecular complexity index is 519. The highest BCUT2D eigenvalue weighted by Crippen LogP contribution is 1.54. The Morgan fingerprint density at radius 2 is 0.205 bits per heavy atom. The molecule has 0 spiro atoms. The third-order valence-electron chi connectivity index (χ3n) is 0. The van der Waals surface area contributed by atoms with Gasteiger partial charge in [-0.2, -0.15) is 0 Å². The number of carboxylic acids is 1. The Morgan fingerprint density at radius 3 is 0.205 bits per heavy atom. The third kappa shape index (κ3) is 3600. The molecule has 44 heavy (non-hydrogen) atoms. The van der Waals surface area contributed by atoms with Crippen LogP contribution < -0.4 is 0 Å². The quantitative estimate of drug-likeness (QED) is 0.321. The molecule has 0 amide bonds. The second kappa shape index (κ2) is 67.1. The predicted octanol–water partition coefficient (Wildman–Crippen LogP) is 6.04. The van der Waals surface area contributed by atoms with Gasteiger partial charge in [-0.1, -0.05) is 0 Å². The molecule has 0 aliphatic rings. The summed E-state index contributed by atoms with van der Waals surface area (Å²) in [6.45, 7) is 31.6. The first-order valence-electron chi connectivity index (χ1n) is 13.0. The van der Waals surface area contributed by atoms with Crippen LogP contribution in [0.4, 0.5) is 0 Å². The molecule has 0 atom stereocenters. The van der Waals surface area contributed by atoms with E-state index in [0.29, 0.717) is 0 Å². The van der Waals surface area contributed by atoms with Crippen LogP contribution in [0.2, 0.25) is 0 Å². The number of aliphatic carboxylic acids is 1. The summed E-state index contributed by atoms with van der Waals surface area (Å²) in [5.74, 6) is 0.833. The predicted molar refractivity (Wildman–Crippen MR) is 177 cm³/mol. The lowest BCUT2D eigenvalue weighted by molar-refractivity contribution is -0.134. The smallest absolute Gasteiger partial charge is 0.300 e. The molecule has 0 aliphatic heterocycles. The average Bonchev–Trinajstić information content (AvgIpc) is 2.55. The lowest BCUT2D eigenvalue weighted by Crippen LogP contribution is -1.78. The Kier molecular flexibility index (Phi) is 110. The minimum absolute atomic E-state index is 0.167. The standard InChI is InChI=1S/10C3H6O.C2H4O2/c10*1-3(2)4;1-2(3)4/h10*1-2H3;1H3,(H,3,4). The van der Waals surface area contributed by atoms with Crippen LogP contribution in [0.15, 0.2) is 0 Å². The number of carbonyl (C=O) groups excluding carboxylic acids is 10. The van der Waals surface area contributed by atoms with Crippen molar-refractivity contribution >= 4 is 63.8 Å². The van der Waals surface area contributed by atoms with E-state index in [-0.39, 0.29) is 57.8 Å². The van der Waals surface area contributed by atoms with Gasteiger partial charge in [-0.25, -0.2) is 0 Å². The van der Waals surface area contributed by atoms with Crippen LogP contribution in [0.3, 0.4) is 0 Å². The van der Waals surface area contributed by atoms with E-state index in [1.54, 1.807) is 0 Å². The minimum Gasteiger partial charge on any atom is -0.481 e. The summed E-state index contributed by atoms with van der Waals surface area (Å²) in [5.41, 5.74) is 0. The minimum atomic E-state index is -0.833. The van der Waals surface area contributed by atoms with Crippen molar-refractivity contribution in [2.45, 2.75) is 145 Å². The van der Waals surface area contributed by atoms with Crippen molar-refractivity contribution in [2.24, 2.45) is 0 Å². The second-order valence-corrected chi connectivity index (χ2v) is 9.60. The zero-order chi connectivity index (χ0) is 39.4. The molecule has 0 fully saturated rings. The molecule has 0 saturated heterocycles. The van der Waals surface area contributed by atoms with E-state index in [1.807, 2.05) is 0 Å². The first kappa shape index (κ1) is 72.4. The molecular formula is C32H64O12. The van der Waals surface area contributed by atoms with Crippen molar-refractivity contribution < 1.29 is 57.8 Å².